The van der Waals surface area contributed by atoms with Crippen LogP contribution in [-0.4, -0.2) is 67.2 Å². The van der Waals surface area contributed by atoms with E-state index in [1.165, 1.54) is 12.8 Å². The van der Waals surface area contributed by atoms with Crippen molar-refractivity contribution in [2.24, 2.45) is 0 Å². The molecule has 0 aliphatic rings. The van der Waals surface area contributed by atoms with E-state index in [1.807, 2.05) is 0 Å². The van der Waals surface area contributed by atoms with Crippen molar-refractivity contribution >= 4 is 5.97 Å². The summed E-state index contributed by atoms with van der Waals surface area (Å²) in [5.74, 6) is -0.981. The summed E-state index contributed by atoms with van der Waals surface area (Å²) in [6.07, 6.45) is 4.50. The fraction of sp³-hybridized carbons (Fsp3) is 0.800. The van der Waals surface area contributed by atoms with Crippen molar-refractivity contribution in [3.63, 3.8) is 0 Å². The minimum Gasteiger partial charge on any atom is -0.478 e. The number of hydrogen-bond donors (Lipinski definition) is 3. The Morgan fingerprint density at radius 1 is 1.14 bits per heavy atom. The lowest BCUT2D eigenvalue weighted by atomic mass is 10.2. The Labute approximate surface area is 132 Å². The quantitative estimate of drug-likeness (QED) is 0.250. The highest BCUT2D eigenvalue weighted by Gasteiger charge is 2.03. The van der Waals surface area contributed by atoms with Gasteiger partial charge in [0.05, 0.1) is 33.0 Å². The number of hydrogen-bond acceptors (Lipinski definition) is 6. The van der Waals surface area contributed by atoms with Gasteiger partial charge >= 0.3 is 5.97 Å². The lowest BCUT2D eigenvalue weighted by Gasteiger charge is -2.12. The number of carbonyl (C=O) groups is 1. The molecular formula is C15H30O7. The molecule has 0 saturated heterocycles. The molecule has 0 radical (unpaired) electrons. The molecule has 1 atom stereocenters. The third-order valence-corrected chi connectivity index (χ3v) is 2.35. The third-order valence-electron chi connectivity index (χ3n) is 2.35. The summed E-state index contributed by atoms with van der Waals surface area (Å²) < 4.78 is 15.3. The van der Waals surface area contributed by atoms with Crippen LogP contribution in [0.3, 0.4) is 0 Å². The molecule has 0 aromatic rings. The molecule has 0 amide bonds. The van der Waals surface area contributed by atoms with Crippen molar-refractivity contribution in [1.29, 1.82) is 0 Å². The maximum Gasteiger partial charge on any atom is 0.327 e. The second-order valence-corrected chi connectivity index (χ2v) is 4.34. The van der Waals surface area contributed by atoms with Gasteiger partial charge in [0.25, 0.3) is 0 Å². The summed E-state index contributed by atoms with van der Waals surface area (Å²) in [5.41, 5.74) is 0. The van der Waals surface area contributed by atoms with Crippen molar-refractivity contribution < 1.29 is 34.3 Å². The fourth-order valence-electron chi connectivity index (χ4n) is 1.26. The van der Waals surface area contributed by atoms with Crippen LogP contribution in [0.15, 0.2) is 12.7 Å². The number of carboxylic acids is 1. The van der Waals surface area contributed by atoms with E-state index in [9.17, 15) is 9.90 Å². The van der Waals surface area contributed by atoms with Crippen LogP contribution in [0.25, 0.3) is 0 Å². The summed E-state index contributed by atoms with van der Waals surface area (Å²) in [7, 11) is 0. The Hall–Kier alpha value is -0.990. The molecule has 1 unspecified atom stereocenters. The first-order chi connectivity index (χ1) is 10.6. The van der Waals surface area contributed by atoms with Gasteiger partial charge in [-0.05, 0) is 6.42 Å². The monoisotopic (exact) mass is 322 g/mol. The van der Waals surface area contributed by atoms with E-state index in [-0.39, 0.29) is 13.2 Å². The van der Waals surface area contributed by atoms with E-state index in [1.54, 1.807) is 0 Å². The van der Waals surface area contributed by atoms with E-state index in [0.29, 0.717) is 26.4 Å². The van der Waals surface area contributed by atoms with Gasteiger partial charge in [-0.2, -0.15) is 0 Å². The van der Waals surface area contributed by atoms with Gasteiger partial charge in [0, 0.05) is 12.7 Å². The number of aliphatic hydroxyl groups is 2. The molecule has 0 bridgehead atoms. The van der Waals surface area contributed by atoms with Crippen LogP contribution in [0, 0.1) is 0 Å². The molecule has 0 aliphatic heterocycles. The van der Waals surface area contributed by atoms with Crippen molar-refractivity contribution in [1.82, 2.24) is 0 Å². The van der Waals surface area contributed by atoms with Crippen LogP contribution in [0.5, 0.6) is 0 Å². The zero-order valence-corrected chi connectivity index (χ0v) is 13.4. The van der Waals surface area contributed by atoms with E-state index in [0.717, 1.165) is 18.9 Å². The fourth-order valence-corrected chi connectivity index (χ4v) is 1.26. The maximum absolute atomic E-state index is 9.38. The Kier molecular flexibility index (Phi) is 21.2. The van der Waals surface area contributed by atoms with Gasteiger partial charge in [-0.25, -0.2) is 4.79 Å². The van der Waals surface area contributed by atoms with Crippen LogP contribution in [0.4, 0.5) is 0 Å². The second kappa shape index (κ2) is 20.0. The van der Waals surface area contributed by atoms with E-state index in [4.69, 9.17) is 24.4 Å². The minimum absolute atomic E-state index is 0.0174. The van der Waals surface area contributed by atoms with E-state index < -0.39 is 12.3 Å². The van der Waals surface area contributed by atoms with Crippen molar-refractivity contribution in [3.8, 4) is 0 Å². The molecule has 22 heavy (non-hydrogen) atoms. The van der Waals surface area contributed by atoms with Crippen LogP contribution in [0.2, 0.25) is 0 Å². The van der Waals surface area contributed by atoms with Crippen LogP contribution in [0.1, 0.15) is 32.6 Å². The summed E-state index contributed by atoms with van der Waals surface area (Å²) >= 11 is 0. The third kappa shape index (κ3) is 24.1. The van der Waals surface area contributed by atoms with E-state index >= 15 is 0 Å². The molecular weight excluding hydrogens is 292 g/mol. The average Bonchev–Trinajstić information content (AvgIpc) is 2.51. The standard InChI is InChI=1S/C12H26O5.C3H4O2/c1-2-3-4-5-7-17-12(14)11-16-10-9-15-8-6-13;1-2-3(4)5/h12-14H,2-11H2,1H3;2H,1H2,(H,4,5). The van der Waals surface area contributed by atoms with Gasteiger partial charge in [0.2, 0.25) is 0 Å². The Morgan fingerprint density at radius 3 is 2.32 bits per heavy atom. The Morgan fingerprint density at radius 2 is 1.77 bits per heavy atom. The number of carboxylic acid groups (broad SMARTS) is 1. The average molecular weight is 322 g/mol. The molecule has 7 nitrogen and oxygen atoms in total. The first-order valence-electron chi connectivity index (χ1n) is 7.49. The lowest BCUT2D eigenvalue weighted by Crippen LogP contribution is -2.21. The predicted molar refractivity (Wildman–Crippen MR) is 82.7 cm³/mol. The Balaban J connectivity index is 0. The highest BCUT2D eigenvalue weighted by Crippen LogP contribution is 2.00. The highest BCUT2D eigenvalue weighted by molar-refractivity contribution is 5.78. The largest absolute Gasteiger partial charge is 0.478 e. The van der Waals surface area contributed by atoms with Gasteiger partial charge < -0.3 is 29.5 Å². The van der Waals surface area contributed by atoms with Crippen molar-refractivity contribution in [3.05, 3.63) is 12.7 Å². The number of aliphatic carboxylic acids is 1. The zero-order valence-electron chi connectivity index (χ0n) is 13.4. The maximum atomic E-state index is 9.38. The number of unbranched alkanes of at least 4 members (excludes halogenated alkanes) is 3. The molecule has 0 heterocycles. The van der Waals surface area contributed by atoms with Crippen molar-refractivity contribution in [2.45, 2.75) is 38.9 Å². The molecule has 7 heteroatoms. The summed E-state index contributed by atoms with van der Waals surface area (Å²) in [6, 6.07) is 0. The molecule has 0 fully saturated rings. The van der Waals surface area contributed by atoms with Crippen LogP contribution in [-0.2, 0) is 19.0 Å². The molecule has 0 aliphatic carbocycles. The minimum atomic E-state index is -0.981. The van der Waals surface area contributed by atoms with Crippen LogP contribution < -0.4 is 0 Å². The Bertz CT molecular complexity index is 246. The number of rotatable bonds is 14. The predicted octanol–water partition coefficient (Wildman–Crippen LogP) is 1.18. The van der Waals surface area contributed by atoms with E-state index in [2.05, 4.69) is 13.5 Å². The molecule has 0 spiro atoms. The molecule has 0 aromatic carbocycles. The van der Waals surface area contributed by atoms with Crippen molar-refractivity contribution in [2.75, 3.05) is 39.6 Å². The molecule has 0 rings (SSSR count). The molecule has 3 N–H and O–H groups in total. The van der Waals surface area contributed by atoms with Crippen LogP contribution >= 0.6 is 0 Å². The smallest absolute Gasteiger partial charge is 0.327 e. The van der Waals surface area contributed by atoms with Gasteiger partial charge in [-0.3, -0.25) is 0 Å². The van der Waals surface area contributed by atoms with Gasteiger partial charge in [-0.1, -0.05) is 32.8 Å². The normalized spacial score (nSPS) is 11.4. The topological polar surface area (TPSA) is 105 Å². The summed E-state index contributed by atoms with van der Waals surface area (Å²) in [6.45, 7) is 7.01. The summed E-state index contributed by atoms with van der Waals surface area (Å²) in [5, 5.41) is 25.4. The zero-order chi connectivity index (χ0) is 17.1. The molecule has 0 aromatic heterocycles. The first-order valence-corrected chi connectivity index (χ1v) is 7.49. The highest BCUT2D eigenvalue weighted by atomic mass is 16.6. The van der Waals surface area contributed by atoms with Gasteiger partial charge in [0.1, 0.15) is 0 Å². The molecule has 0 saturated carbocycles. The number of ether oxygens (including phenoxy) is 3. The second-order valence-electron chi connectivity index (χ2n) is 4.34. The first kappa shape index (κ1) is 23.3. The molecule has 132 valence electrons. The van der Waals surface area contributed by atoms with Gasteiger partial charge in [0.15, 0.2) is 6.29 Å². The number of aliphatic hydroxyl groups excluding tert-OH is 2. The SMILES string of the molecule is C=CC(=O)O.CCCCCCOC(O)COCCOCCO. The summed E-state index contributed by atoms with van der Waals surface area (Å²) in [4.78, 5) is 9.25. The van der Waals surface area contributed by atoms with Gasteiger partial charge in [-0.15, -0.1) is 0 Å². The lowest BCUT2D eigenvalue weighted by molar-refractivity contribution is -0.141.